The van der Waals surface area contributed by atoms with E-state index in [4.69, 9.17) is 16.3 Å². The van der Waals surface area contributed by atoms with Crippen LogP contribution in [0.25, 0.3) is 0 Å². The maximum atomic E-state index is 11.6. The molecule has 0 amide bonds. The molecule has 0 heterocycles. The highest BCUT2D eigenvalue weighted by atomic mass is 35.5. The molecular weight excluding hydrogens is 274 g/mol. The molecule has 1 fully saturated rings. The number of rotatable bonds is 4. The third-order valence-electron chi connectivity index (χ3n) is 4.10. The molecule has 1 aromatic rings. The van der Waals surface area contributed by atoms with Crippen LogP contribution in [0.1, 0.15) is 43.0 Å². The molecule has 0 atom stereocenters. The predicted molar refractivity (Wildman–Crippen MR) is 82.4 cm³/mol. The Balaban J connectivity index is 1.94. The number of hydrogen-bond donors (Lipinski definition) is 1. The van der Waals surface area contributed by atoms with Crippen molar-refractivity contribution in [3.63, 3.8) is 0 Å². The summed E-state index contributed by atoms with van der Waals surface area (Å²) in [7, 11) is 1.36. The summed E-state index contributed by atoms with van der Waals surface area (Å²) in [4.78, 5) is 11.6. The van der Waals surface area contributed by atoms with Crippen LogP contribution in [-0.4, -0.2) is 19.6 Å². The molecule has 110 valence electrons. The first-order valence-corrected chi connectivity index (χ1v) is 7.59. The lowest BCUT2D eigenvalue weighted by molar-refractivity contribution is 0.0601. The number of carbonyl (C=O) groups is 1. The second-order valence-electron chi connectivity index (χ2n) is 5.69. The number of hydrogen-bond acceptors (Lipinski definition) is 3. The first kappa shape index (κ1) is 15.2. The number of nitrogens with one attached hydrogen (secondary N) is 1. The van der Waals surface area contributed by atoms with E-state index in [0.717, 1.165) is 24.1 Å². The van der Waals surface area contributed by atoms with Crippen LogP contribution in [0.3, 0.4) is 0 Å². The van der Waals surface area contributed by atoms with Gasteiger partial charge in [0.2, 0.25) is 0 Å². The van der Waals surface area contributed by atoms with E-state index in [1.165, 1.54) is 32.8 Å². The van der Waals surface area contributed by atoms with Gasteiger partial charge in [0.1, 0.15) is 0 Å². The minimum atomic E-state index is -0.398. The summed E-state index contributed by atoms with van der Waals surface area (Å²) in [5.74, 6) is 1.20. The van der Waals surface area contributed by atoms with Gasteiger partial charge in [-0.05, 0) is 42.9 Å². The van der Waals surface area contributed by atoms with Crippen molar-refractivity contribution >= 4 is 23.3 Å². The smallest absolute Gasteiger partial charge is 0.339 e. The van der Waals surface area contributed by atoms with E-state index in [2.05, 4.69) is 12.2 Å². The highest BCUT2D eigenvalue weighted by molar-refractivity contribution is 6.33. The fourth-order valence-corrected chi connectivity index (χ4v) is 2.89. The number of ether oxygens (including phenoxy) is 1. The molecule has 1 N–H and O–H groups in total. The van der Waals surface area contributed by atoms with Crippen molar-refractivity contribution in [2.45, 2.75) is 32.6 Å². The second-order valence-corrected chi connectivity index (χ2v) is 6.10. The van der Waals surface area contributed by atoms with E-state index in [1.54, 1.807) is 12.1 Å². The Morgan fingerprint density at radius 3 is 2.70 bits per heavy atom. The number of anilines is 1. The molecule has 1 saturated carbocycles. The van der Waals surface area contributed by atoms with Crippen molar-refractivity contribution in [1.82, 2.24) is 0 Å². The highest BCUT2D eigenvalue weighted by Crippen LogP contribution is 2.29. The Bertz CT molecular complexity index is 468. The Hall–Kier alpha value is -1.22. The van der Waals surface area contributed by atoms with Crippen molar-refractivity contribution in [3.8, 4) is 0 Å². The number of esters is 1. The van der Waals surface area contributed by atoms with Gasteiger partial charge in [0.15, 0.2) is 0 Å². The number of halogens is 1. The lowest BCUT2D eigenvalue weighted by Gasteiger charge is -2.26. The Kier molecular flexibility index (Phi) is 5.30. The number of carbonyl (C=O) groups excluding carboxylic acids is 1. The molecule has 0 saturated heterocycles. The molecule has 0 radical (unpaired) electrons. The zero-order valence-electron chi connectivity index (χ0n) is 12.1. The molecule has 3 nitrogen and oxygen atoms in total. The van der Waals surface area contributed by atoms with E-state index in [1.807, 2.05) is 6.07 Å². The normalized spacial score (nSPS) is 22.4. The lowest BCUT2D eigenvalue weighted by Crippen LogP contribution is -2.20. The topological polar surface area (TPSA) is 38.3 Å². The average molecular weight is 296 g/mol. The molecule has 2 rings (SSSR count). The maximum Gasteiger partial charge on any atom is 0.339 e. The molecule has 1 aliphatic rings. The van der Waals surface area contributed by atoms with Crippen molar-refractivity contribution in [1.29, 1.82) is 0 Å². The molecule has 0 aliphatic heterocycles. The third-order valence-corrected chi connectivity index (χ3v) is 4.43. The second kappa shape index (κ2) is 6.98. The van der Waals surface area contributed by atoms with Gasteiger partial charge in [-0.1, -0.05) is 31.4 Å². The SMILES string of the molecule is COC(=O)c1cc(NCC2CCC(C)CC2)ccc1Cl. The van der Waals surface area contributed by atoms with Crippen LogP contribution >= 0.6 is 11.6 Å². The molecular formula is C16H22ClNO2. The van der Waals surface area contributed by atoms with Gasteiger partial charge in [-0.3, -0.25) is 0 Å². The molecule has 1 aliphatic carbocycles. The summed E-state index contributed by atoms with van der Waals surface area (Å²) < 4.78 is 4.73. The van der Waals surface area contributed by atoms with Crippen LogP contribution in [0.5, 0.6) is 0 Å². The quantitative estimate of drug-likeness (QED) is 0.839. The van der Waals surface area contributed by atoms with Gasteiger partial charge in [0.25, 0.3) is 0 Å². The van der Waals surface area contributed by atoms with Gasteiger partial charge in [-0.15, -0.1) is 0 Å². The summed E-state index contributed by atoms with van der Waals surface area (Å²) in [5.41, 5.74) is 1.34. The van der Waals surface area contributed by atoms with Gasteiger partial charge in [-0.2, -0.15) is 0 Å². The van der Waals surface area contributed by atoms with Crippen molar-refractivity contribution in [2.75, 3.05) is 19.0 Å². The maximum absolute atomic E-state index is 11.6. The van der Waals surface area contributed by atoms with Gasteiger partial charge in [-0.25, -0.2) is 4.79 Å². The van der Waals surface area contributed by atoms with E-state index >= 15 is 0 Å². The van der Waals surface area contributed by atoms with Crippen LogP contribution < -0.4 is 5.32 Å². The van der Waals surface area contributed by atoms with Gasteiger partial charge in [0.05, 0.1) is 17.7 Å². The van der Waals surface area contributed by atoms with E-state index in [-0.39, 0.29) is 0 Å². The first-order chi connectivity index (χ1) is 9.60. The fraction of sp³-hybridized carbons (Fsp3) is 0.562. The zero-order chi connectivity index (χ0) is 14.5. The van der Waals surface area contributed by atoms with E-state index in [9.17, 15) is 4.79 Å². The highest BCUT2D eigenvalue weighted by Gasteiger charge is 2.18. The predicted octanol–water partition coefficient (Wildman–Crippen LogP) is 4.36. The molecule has 20 heavy (non-hydrogen) atoms. The minimum absolute atomic E-state index is 0.398. The molecule has 1 aromatic carbocycles. The average Bonchev–Trinajstić information content (AvgIpc) is 2.47. The van der Waals surface area contributed by atoms with E-state index < -0.39 is 5.97 Å². The van der Waals surface area contributed by atoms with Crippen molar-refractivity contribution in [3.05, 3.63) is 28.8 Å². The minimum Gasteiger partial charge on any atom is -0.465 e. The van der Waals surface area contributed by atoms with Crippen molar-refractivity contribution < 1.29 is 9.53 Å². The molecule has 0 bridgehead atoms. The molecule has 0 aromatic heterocycles. The van der Waals surface area contributed by atoms with Gasteiger partial charge >= 0.3 is 5.97 Å². The van der Waals surface area contributed by atoms with E-state index in [0.29, 0.717) is 10.6 Å². The zero-order valence-corrected chi connectivity index (χ0v) is 12.9. The molecule has 0 spiro atoms. The monoisotopic (exact) mass is 295 g/mol. The lowest BCUT2D eigenvalue weighted by atomic mass is 9.83. The number of methoxy groups -OCH3 is 1. The van der Waals surface area contributed by atoms with Gasteiger partial charge in [0, 0.05) is 12.2 Å². The summed E-state index contributed by atoms with van der Waals surface area (Å²) in [6.45, 7) is 3.28. The van der Waals surface area contributed by atoms with Crippen LogP contribution in [0, 0.1) is 11.8 Å². The third kappa shape index (κ3) is 3.89. The summed E-state index contributed by atoms with van der Waals surface area (Å²) in [5, 5.41) is 3.83. The molecule has 0 unspecified atom stereocenters. The standard InChI is InChI=1S/C16H22ClNO2/c1-11-3-5-12(6-4-11)10-18-13-7-8-15(17)14(9-13)16(19)20-2/h7-9,11-12,18H,3-6,10H2,1-2H3. The first-order valence-electron chi connectivity index (χ1n) is 7.22. The van der Waals surface area contributed by atoms with Crippen molar-refractivity contribution in [2.24, 2.45) is 11.8 Å². The van der Waals surface area contributed by atoms with Crippen LogP contribution in [-0.2, 0) is 4.74 Å². The Morgan fingerprint density at radius 2 is 2.05 bits per heavy atom. The Labute approximate surface area is 125 Å². The summed E-state index contributed by atoms with van der Waals surface area (Å²) in [6, 6.07) is 5.40. The van der Waals surface area contributed by atoms with Crippen LogP contribution in [0.15, 0.2) is 18.2 Å². The van der Waals surface area contributed by atoms with Crippen LogP contribution in [0.4, 0.5) is 5.69 Å². The van der Waals surface area contributed by atoms with Gasteiger partial charge < -0.3 is 10.1 Å². The Morgan fingerprint density at radius 1 is 1.35 bits per heavy atom. The fourth-order valence-electron chi connectivity index (χ4n) is 2.70. The molecule has 4 heteroatoms. The summed E-state index contributed by atoms with van der Waals surface area (Å²) in [6.07, 6.45) is 5.21. The van der Waals surface area contributed by atoms with Crippen LogP contribution in [0.2, 0.25) is 5.02 Å². The summed E-state index contributed by atoms with van der Waals surface area (Å²) >= 11 is 6.01. The largest absolute Gasteiger partial charge is 0.465 e. The number of benzene rings is 1.